The Hall–Kier alpha value is -2.57. The summed E-state index contributed by atoms with van der Waals surface area (Å²) in [4.78, 5) is 31.7. The first-order chi connectivity index (χ1) is 11.6. The van der Waals surface area contributed by atoms with E-state index < -0.39 is 0 Å². The monoisotopic (exact) mass is 326 g/mol. The zero-order valence-electron chi connectivity index (χ0n) is 14.0. The number of nitrogens with zero attached hydrogens (tertiary/aromatic N) is 5. The van der Waals surface area contributed by atoms with Crippen LogP contribution in [0.1, 0.15) is 44.8 Å². The third kappa shape index (κ3) is 3.67. The smallest absolute Gasteiger partial charge is 0.228 e. The molecule has 1 fully saturated rings. The highest BCUT2D eigenvalue weighted by atomic mass is 16.2. The molecule has 0 aliphatic carbocycles. The summed E-state index contributed by atoms with van der Waals surface area (Å²) < 4.78 is 0. The number of carbonyl (C=O) groups excluding carboxylic acids is 1. The Morgan fingerprint density at radius 1 is 1.21 bits per heavy atom. The van der Waals surface area contributed by atoms with Crippen molar-refractivity contribution in [2.75, 3.05) is 11.9 Å². The molecule has 0 bridgehead atoms. The maximum absolute atomic E-state index is 12.5. The zero-order valence-corrected chi connectivity index (χ0v) is 14.0. The van der Waals surface area contributed by atoms with E-state index in [1.54, 1.807) is 30.9 Å². The fourth-order valence-corrected chi connectivity index (χ4v) is 2.97. The summed E-state index contributed by atoms with van der Waals surface area (Å²) in [6.45, 7) is 4.89. The number of carbonyl (C=O) groups is 1. The SMILES string of the molecule is CC(C)CC(=O)N1CCC[C@H]1c1nccnc1Nc1ncccn1. The zero-order chi connectivity index (χ0) is 16.9. The van der Waals surface area contributed by atoms with Crippen molar-refractivity contribution in [3.63, 3.8) is 0 Å². The van der Waals surface area contributed by atoms with Crippen molar-refractivity contribution in [2.24, 2.45) is 5.92 Å². The predicted molar refractivity (Wildman–Crippen MR) is 90.5 cm³/mol. The van der Waals surface area contributed by atoms with Crippen molar-refractivity contribution < 1.29 is 4.79 Å². The molecule has 0 unspecified atom stereocenters. The number of nitrogens with one attached hydrogen (secondary N) is 1. The van der Waals surface area contributed by atoms with E-state index in [1.807, 2.05) is 4.90 Å². The molecular weight excluding hydrogens is 304 g/mol. The Bertz CT molecular complexity index is 690. The van der Waals surface area contributed by atoms with Gasteiger partial charge in [-0.25, -0.2) is 15.0 Å². The highest BCUT2D eigenvalue weighted by Crippen LogP contribution is 2.35. The molecule has 1 saturated heterocycles. The molecule has 0 radical (unpaired) electrons. The lowest BCUT2D eigenvalue weighted by Gasteiger charge is -2.26. The number of hydrogen-bond acceptors (Lipinski definition) is 6. The van der Waals surface area contributed by atoms with Gasteiger partial charge in [-0.2, -0.15) is 0 Å². The minimum atomic E-state index is -0.0452. The molecular formula is C17H22N6O. The Balaban J connectivity index is 1.84. The number of likely N-dealkylation sites (tertiary alicyclic amines) is 1. The van der Waals surface area contributed by atoms with Gasteiger partial charge in [0.2, 0.25) is 11.9 Å². The first kappa shape index (κ1) is 16.3. The van der Waals surface area contributed by atoms with Crippen LogP contribution in [-0.4, -0.2) is 37.3 Å². The van der Waals surface area contributed by atoms with Crippen molar-refractivity contribution in [3.8, 4) is 0 Å². The van der Waals surface area contributed by atoms with Crippen LogP contribution in [0, 0.1) is 5.92 Å². The topological polar surface area (TPSA) is 83.9 Å². The molecule has 24 heavy (non-hydrogen) atoms. The summed E-state index contributed by atoms with van der Waals surface area (Å²) in [5.41, 5.74) is 0.777. The van der Waals surface area contributed by atoms with E-state index in [0.717, 1.165) is 25.1 Å². The van der Waals surface area contributed by atoms with Gasteiger partial charge in [-0.05, 0) is 24.8 Å². The molecule has 126 valence electrons. The maximum Gasteiger partial charge on any atom is 0.228 e. The lowest BCUT2D eigenvalue weighted by atomic mass is 10.1. The summed E-state index contributed by atoms with van der Waals surface area (Å²) in [5, 5.41) is 3.12. The van der Waals surface area contributed by atoms with Gasteiger partial charge in [0.05, 0.1) is 6.04 Å². The van der Waals surface area contributed by atoms with Crippen LogP contribution >= 0.6 is 0 Å². The van der Waals surface area contributed by atoms with Gasteiger partial charge in [-0.3, -0.25) is 9.78 Å². The normalized spacial score (nSPS) is 17.3. The molecule has 1 aliphatic rings. The first-order valence-corrected chi connectivity index (χ1v) is 8.29. The second kappa shape index (κ2) is 7.33. The fourth-order valence-electron chi connectivity index (χ4n) is 2.97. The van der Waals surface area contributed by atoms with E-state index in [2.05, 4.69) is 39.1 Å². The molecule has 2 aromatic rings. The minimum Gasteiger partial charge on any atom is -0.334 e. The number of rotatable bonds is 5. The largest absolute Gasteiger partial charge is 0.334 e. The molecule has 1 atom stereocenters. The average Bonchev–Trinajstić information content (AvgIpc) is 3.05. The third-order valence-corrected chi connectivity index (χ3v) is 3.99. The minimum absolute atomic E-state index is 0.0452. The van der Waals surface area contributed by atoms with Crippen LogP contribution in [0.4, 0.5) is 11.8 Å². The molecule has 7 nitrogen and oxygen atoms in total. The number of aromatic nitrogens is 4. The van der Waals surface area contributed by atoms with Crippen LogP contribution in [0.25, 0.3) is 0 Å². The molecule has 0 aromatic carbocycles. The van der Waals surface area contributed by atoms with Crippen LogP contribution in [0.5, 0.6) is 0 Å². The average molecular weight is 326 g/mol. The van der Waals surface area contributed by atoms with E-state index in [0.29, 0.717) is 24.1 Å². The van der Waals surface area contributed by atoms with Crippen LogP contribution in [0.15, 0.2) is 30.9 Å². The lowest BCUT2D eigenvalue weighted by molar-refractivity contribution is -0.132. The number of hydrogen-bond donors (Lipinski definition) is 1. The van der Waals surface area contributed by atoms with Crippen LogP contribution < -0.4 is 5.32 Å². The first-order valence-electron chi connectivity index (χ1n) is 8.29. The Morgan fingerprint density at radius 3 is 2.71 bits per heavy atom. The van der Waals surface area contributed by atoms with Gasteiger partial charge >= 0.3 is 0 Å². The standard InChI is InChI=1S/C17H22N6O/c1-12(2)11-14(24)23-10-3-5-13(23)15-16(19-9-8-18-15)22-17-20-6-4-7-21-17/h4,6-9,12-13H,3,5,10-11H2,1-2H3,(H,19,20,21,22)/t13-/m0/s1. The van der Waals surface area contributed by atoms with Gasteiger partial charge in [-0.15, -0.1) is 0 Å². The van der Waals surface area contributed by atoms with E-state index in [9.17, 15) is 4.79 Å². The van der Waals surface area contributed by atoms with Crippen molar-refractivity contribution in [2.45, 2.75) is 39.2 Å². The molecule has 0 saturated carbocycles. The number of anilines is 2. The van der Waals surface area contributed by atoms with Gasteiger partial charge in [0.1, 0.15) is 5.69 Å². The summed E-state index contributed by atoms with van der Waals surface area (Å²) in [6, 6.07) is 1.71. The fraction of sp³-hybridized carbons (Fsp3) is 0.471. The molecule has 1 amide bonds. The lowest BCUT2D eigenvalue weighted by Crippen LogP contribution is -2.32. The molecule has 3 heterocycles. The summed E-state index contributed by atoms with van der Waals surface area (Å²) >= 11 is 0. The number of amides is 1. The van der Waals surface area contributed by atoms with Crippen molar-refractivity contribution in [3.05, 3.63) is 36.5 Å². The van der Waals surface area contributed by atoms with E-state index in [-0.39, 0.29) is 11.9 Å². The Labute approximate surface area is 141 Å². The Kier molecular flexibility index (Phi) is 4.98. The molecule has 0 spiro atoms. The van der Waals surface area contributed by atoms with Gasteiger partial charge in [0.15, 0.2) is 5.82 Å². The van der Waals surface area contributed by atoms with Crippen LogP contribution in [0.3, 0.4) is 0 Å². The van der Waals surface area contributed by atoms with Crippen molar-refractivity contribution >= 4 is 17.7 Å². The third-order valence-electron chi connectivity index (χ3n) is 3.99. The maximum atomic E-state index is 12.5. The van der Waals surface area contributed by atoms with Gasteiger partial charge < -0.3 is 10.2 Å². The molecule has 2 aromatic heterocycles. The highest BCUT2D eigenvalue weighted by molar-refractivity contribution is 5.77. The summed E-state index contributed by atoms with van der Waals surface area (Å²) in [5.74, 6) is 1.60. The van der Waals surface area contributed by atoms with Crippen LogP contribution in [0.2, 0.25) is 0 Å². The van der Waals surface area contributed by atoms with Gasteiger partial charge in [0.25, 0.3) is 0 Å². The van der Waals surface area contributed by atoms with Crippen molar-refractivity contribution in [1.82, 2.24) is 24.8 Å². The van der Waals surface area contributed by atoms with Gasteiger partial charge in [-0.1, -0.05) is 13.8 Å². The van der Waals surface area contributed by atoms with E-state index >= 15 is 0 Å². The molecule has 1 aliphatic heterocycles. The van der Waals surface area contributed by atoms with Crippen LogP contribution in [-0.2, 0) is 4.79 Å². The second-order valence-electron chi connectivity index (χ2n) is 6.33. The molecule has 7 heteroatoms. The van der Waals surface area contributed by atoms with E-state index in [4.69, 9.17) is 0 Å². The van der Waals surface area contributed by atoms with Crippen molar-refractivity contribution in [1.29, 1.82) is 0 Å². The molecule has 3 rings (SSSR count). The molecule has 1 N–H and O–H groups in total. The van der Waals surface area contributed by atoms with E-state index in [1.165, 1.54) is 0 Å². The Morgan fingerprint density at radius 2 is 1.96 bits per heavy atom. The predicted octanol–water partition coefficient (Wildman–Crippen LogP) is 2.72. The van der Waals surface area contributed by atoms with Gasteiger partial charge in [0, 0.05) is 37.8 Å². The second-order valence-corrected chi connectivity index (χ2v) is 6.33. The summed E-state index contributed by atoms with van der Waals surface area (Å²) in [7, 11) is 0. The summed E-state index contributed by atoms with van der Waals surface area (Å²) in [6.07, 6.45) is 9.05. The highest BCUT2D eigenvalue weighted by Gasteiger charge is 2.33. The quantitative estimate of drug-likeness (QED) is 0.909.